The van der Waals surface area contributed by atoms with Crippen LogP contribution in [0.25, 0.3) is 0 Å². The Kier molecular flexibility index (Phi) is 18.5. The molecule has 0 saturated heterocycles. The second-order valence-electron chi connectivity index (χ2n) is 14.6. The molecule has 4 N–H and O–H groups in total. The molecular formula is C40H61N5O7. The predicted molar refractivity (Wildman–Crippen MR) is 201 cm³/mol. The molecule has 0 aliphatic rings. The number of likely N-dealkylation sites (N-methyl/N-ethyl adjacent to an activating group) is 1. The summed E-state index contributed by atoms with van der Waals surface area (Å²) in [6.07, 6.45) is 2.55. The van der Waals surface area contributed by atoms with Crippen molar-refractivity contribution >= 4 is 29.7 Å². The van der Waals surface area contributed by atoms with Crippen LogP contribution in [0.5, 0.6) is 0 Å². The second kappa shape index (κ2) is 21.9. The Balaban J connectivity index is 2.30. The van der Waals surface area contributed by atoms with Gasteiger partial charge in [-0.2, -0.15) is 0 Å². The lowest BCUT2D eigenvalue weighted by molar-refractivity contribution is -0.149. The molecule has 1 aromatic carbocycles. The topological polar surface area (TPSA) is 167 Å². The van der Waals surface area contributed by atoms with E-state index in [0.29, 0.717) is 12.1 Å². The van der Waals surface area contributed by atoms with E-state index in [0.717, 1.165) is 31.4 Å². The highest BCUT2D eigenvalue weighted by molar-refractivity contribution is 5.92. The molecule has 2 rings (SSSR count). The van der Waals surface area contributed by atoms with Gasteiger partial charge < -0.3 is 30.7 Å². The summed E-state index contributed by atoms with van der Waals surface area (Å²) in [4.78, 5) is 71.0. The fourth-order valence-corrected chi connectivity index (χ4v) is 6.24. The average molecular weight is 724 g/mol. The summed E-state index contributed by atoms with van der Waals surface area (Å²) < 4.78 is 5.77. The Morgan fingerprint density at radius 3 is 2.10 bits per heavy atom. The lowest BCUT2D eigenvalue weighted by Crippen LogP contribution is -2.54. The smallest absolute Gasteiger partial charge is 0.306 e. The first-order valence-electron chi connectivity index (χ1n) is 18.5. The molecule has 0 aliphatic carbocycles. The number of aromatic nitrogens is 1. The quantitative estimate of drug-likeness (QED) is 0.0946. The van der Waals surface area contributed by atoms with E-state index in [1.165, 1.54) is 6.92 Å². The minimum Gasteiger partial charge on any atom is -0.481 e. The van der Waals surface area contributed by atoms with Crippen LogP contribution < -0.4 is 16.0 Å². The van der Waals surface area contributed by atoms with Crippen LogP contribution in [-0.2, 0) is 30.3 Å². The maximum Gasteiger partial charge on any atom is 0.306 e. The van der Waals surface area contributed by atoms with Crippen LogP contribution >= 0.6 is 0 Å². The van der Waals surface area contributed by atoms with E-state index in [1.54, 1.807) is 37.1 Å². The fraction of sp³-hybridized carbons (Fsp3) is 0.600. The van der Waals surface area contributed by atoms with Gasteiger partial charge in [0.2, 0.25) is 11.8 Å². The van der Waals surface area contributed by atoms with Crippen LogP contribution in [0.3, 0.4) is 0 Å². The van der Waals surface area contributed by atoms with Crippen LogP contribution in [-0.4, -0.2) is 83.4 Å². The molecule has 12 nitrogen and oxygen atoms in total. The molecule has 1 heterocycles. The minimum atomic E-state index is -0.952. The van der Waals surface area contributed by atoms with Crippen molar-refractivity contribution in [1.82, 2.24) is 25.8 Å². The molecule has 52 heavy (non-hydrogen) atoms. The number of pyridine rings is 1. The normalized spacial score (nSPS) is 14.8. The molecular weight excluding hydrogens is 662 g/mol. The van der Waals surface area contributed by atoms with Crippen LogP contribution in [0.2, 0.25) is 0 Å². The summed E-state index contributed by atoms with van der Waals surface area (Å²) in [6, 6.07) is 12.8. The number of nitrogens with one attached hydrogen (secondary N) is 3. The molecule has 0 unspecified atom stereocenters. The number of hydrogen-bond donors (Lipinski definition) is 4. The number of hydrogen-bond acceptors (Lipinski definition) is 8. The zero-order valence-electron chi connectivity index (χ0n) is 32.5. The Hall–Kier alpha value is -4.32. The van der Waals surface area contributed by atoms with Gasteiger partial charge in [0, 0.05) is 38.4 Å². The van der Waals surface area contributed by atoms with Crippen molar-refractivity contribution in [1.29, 1.82) is 0 Å². The zero-order valence-corrected chi connectivity index (χ0v) is 32.5. The highest BCUT2D eigenvalue weighted by atomic mass is 16.5. The molecule has 0 saturated carbocycles. The number of aliphatic carboxylic acids is 1. The van der Waals surface area contributed by atoms with Crippen molar-refractivity contribution in [2.75, 3.05) is 20.6 Å². The third-order valence-corrected chi connectivity index (χ3v) is 9.42. The van der Waals surface area contributed by atoms with E-state index < -0.39 is 48.0 Å². The van der Waals surface area contributed by atoms with Crippen molar-refractivity contribution in [2.45, 2.75) is 111 Å². The van der Waals surface area contributed by atoms with E-state index in [-0.39, 0.29) is 48.1 Å². The summed E-state index contributed by atoms with van der Waals surface area (Å²) in [5.74, 6) is -3.55. The molecule has 0 aliphatic heterocycles. The molecule has 1 aromatic heterocycles. The molecule has 6 atom stereocenters. The molecule has 12 heteroatoms. The molecule has 0 bridgehead atoms. The van der Waals surface area contributed by atoms with Gasteiger partial charge in [0.05, 0.1) is 11.6 Å². The molecule has 2 aromatic rings. The Morgan fingerprint density at radius 2 is 1.52 bits per heavy atom. The fourth-order valence-electron chi connectivity index (χ4n) is 6.24. The van der Waals surface area contributed by atoms with E-state index in [2.05, 4.69) is 20.9 Å². The highest BCUT2D eigenvalue weighted by Crippen LogP contribution is 2.28. The third kappa shape index (κ3) is 14.4. The van der Waals surface area contributed by atoms with Crippen LogP contribution in [0.4, 0.5) is 0 Å². The van der Waals surface area contributed by atoms with Gasteiger partial charge in [-0.1, -0.05) is 84.4 Å². The number of ether oxygens (including phenoxy) is 1. The Morgan fingerprint density at radius 1 is 0.846 bits per heavy atom. The molecule has 0 radical (unpaired) electrons. The van der Waals surface area contributed by atoms with Crippen molar-refractivity contribution in [3.8, 4) is 0 Å². The van der Waals surface area contributed by atoms with Gasteiger partial charge in [0.25, 0.3) is 5.91 Å². The maximum atomic E-state index is 14.0. The lowest BCUT2D eigenvalue weighted by Gasteiger charge is -2.37. The predicted octanol–water partition coefficient (Wildman–Crippen LogP) is 5.18. The van der Waals surface area contributed by atoms with Gasteiger partial charge in [0.15, 0.2) is 0 Å². The number of unbranched alkanes of at least 4 members (excludes halogenated alkanes) is 1. The van der Waals surface area contributed by atoms with E-state index in [1.807, 2.05) is 72.0 Å². The summed E-state index contributed by atoms with van der Waals surface area (Å²) in [6.45, 7) is 13.4. The van der Waals surface area contributed by atoms with Crippen LogP contribution in [0, 0.1) is 23.7 Å². The summed E-state index contributed by atoms with van der Waals surface area (Å²) in [7, 11) is 3.59. The number of carbonyl (C=O) groups is 5. The van der Waals surface area contributed by atoms with Crippen molar-refractivity contribution in [2.24, 2.45) is 23.7 Å². The lowest BCUT2D eigenvalue weighted by atomic mass is 9.93. The average Bonchev–Trinajstić information content (AvgIpc) is 3.09. The molecule has 0 fully saturated rings. The second-order valence-corrected chi connectivity index (χ2v) is 14.6. The summed E-state index contributed by atoms with van der Waals surface area (Å²) >= 11 is 0. The van der Waals surface area contributed by atoms with Crippen LogP contribution in [0.1, 0.15) is 108 Å². The SMILES string of the molecule is CNCCCC[C@@H](C)C(=O)N[C@H](C(=O)N(C)[C@H](C[C@@H](OC(C)=O)c1cccc(C(=O)N[C@@H](Cc2ccccc2)C[C@H](C)C(=O)O)n1)C(C)C)C(C)C. The number of rotatable bonds is 22. The first kappa shape index (κ1) is 43.8. The summed E-state index contributed by atoms with van der Waals surface area (Å²) in [5, 5.41) is 18.6. The molecule has 288 valence electrons. The van der Waals surface area contributed by atoms with E-state index in [9.17, 15) is 29.1 Å². The maximum absolute atomic E-state index is 14.0. The molecule has 3 amide bonds. The Bertz CT molecular complexity index is 1450. The minimum absolute atomic E-state index is 0.0666. The number of nitrogens with zero attached hydrogens (tertiary/aromatic N) is 2. The van der Waals surface area contributed by atoms with Crippen molar-refractivity contribution in [3.63, 3.8) is 0 Å². The van der Waals surface area contributed by atoms with Crippen molar-refractivity contribution < 1.29 is 33.8 Å². The van der Waals surface area contributed by atoms with Gasteiger partial charge in [-0.3, -0.25) is 24.0 Å². The van der Waals surface area contributed by atoms with Gasteiger partial charge >= 0.3 is 11.9 Å². The van der Waals surface area contributed by atoms with Gasteiger partial charge in [-0.05, 0) is 68.8 Å². The number of benzene rings is 1. The summed E-state index contributed by atoms with van der Waals surface area (Å²) in [5.41, 5.74) is 1.38. The van der Waals surface area contributed by atoms with Crippen molar-refractivity contribution in [3.05, 3.63) is 65.5 Å². The largest absolute Gasteiger partial charge is 0.481 e. The zero-order chi connectivity index (χ0) is 39.0. The highest BCUT2D eigenvalue weighted by Gasteiger charge is 2.35. The van der Waals surface area contributed by atoms with Crippen LogP contribution in [0.15, 0.2) is 48.5 Å². The van der Waals surface area contributed by atoms with Gasteiger partial charge in [0.1, 0.15) is 17.8 Å². The number of carboxylic acid groups (broad SMARTS) is 1. The first-order valence-corrected chi connectivity index (χ1v) is 18.5. The monoisotopic (exact) mass is 723 g/mol. The van der Waals surface area contributed by atoms with Gasteiger partial charge in [-0.25, -0.2) is 4.98 Å². The number of carbonyl (C=O) groups excluding carboxylic acids is 4. The number of carboxylic acids is 1. The number of esters is 1. The first-order chi connectivity index (χ1) is 24.5. The third-order valence-electron chi connectivity index (χ3n) is 9.42. The molecule has 0 spiro atoms. The van der Waals surface area contributed by atoms with E-state index in [4.69, 9.17) is 4.74 Å². The van der Waals surface area contributed by atoms with E-state index >= 15 is 0 Å². The number of amides is 3. The standard InChI is InChI=1S/C40H61N5O7/c1-25(2)34(45(9)39(49)36(26(3)4)44-37(47)27(5)16-13-14-21-41-8)24-35(52-29(7)46)32-19-15-20-33(43-32)38(48)42-31(22-28(6)40(50)51)23-30-17-11-10-12-18-30/h10-12,15,17-20,25-28,31,34-36,41H,13-14,16,21-24H2,1-9H3,(H,42,48)(H,44,47)(H,50,51)/t27-,28+,31-,34-,35-,36+/m1/s1. The van der Waals surface area contributed by atoms with Gasteiger partial charge in [-0.15, -0.1) is 0 Å². The Labute approximate surface area is 309 Å².